The van der Waals surface area contributed by atoms with Crippen LogP contribution in [-0.4, -0.2) is 66.5 Å². The third kappa shape index (κ3) is 5.87. The number of carbonyl (C=O) groups excluding carboxylic acids is 1. The molecular weight excluding hydrogens is 380 g/mol. The standard InChI is InChI=1S/C23H34N4OS/c1-6-20(15-27-11-9-26(5)10-12-27)25-22(28)14-21-23(24-18(4)29-21)19-8-7-16(2)17(3)13-19/h7-8,13,20H,6,9-12,14-15H2,1-5H3,(H,25,28)/t20-/m1/s1. The SMILES string of the molecule is CC[C@H](CN1CCN(C)CC1)NC(=O)Cc1sc(C)nc1-c1ccc(C)c(C)c1. The summed E-state index contributed by atoms with van der Waals surface area (Å²) in [7, 11) is 2.17. The number of carbonyl (C=O) groups is 1. The number of amides is 1. The van der Waals surface area contributed by atoms with Crippen molar-refractivity contribution in [1.82, 2.24) is 20.1 Å². The topological polar surface area (TPSA) is 48.5 Å². The van der Waals surface area contributed by atoms with E-state index in [0.717, 1.165) is 60.3 Å². The highest BCUT2D eigenvalue weighted by molar-refractivity contribution is 7.12. The van der Waals surface area contributed by atoms with Gasteiger partial charge in [-0.05, 0) is 51.4 Å². The zero-order valence-electron chi connectivity index (χ0n) is 18.4. The first-order chi connectivity index (χ1) is 13.9. The normalized spacial score (nSPS) is 16.7. The molecule has 1 atom stereocenters. The third-order valence-electron chi connectivity index (χ3n) is 5.84. The smallest absolute Gasteiger partial charge is 0.225 e. The molecule has 1 fully saturated rings. The van der Waals surface area contributed by atoms with Crippen LogP contribution in [0, 0.1) is 20.8 Å². The lowest BCUT2D eigenvalue weighted by atomic mass is 10.0. The van der Waals surface area contributed by atoms with Gasteiger partial charge in [0.2, 0.25) is 5.91 Å². The predicted molar refractivity (Wildman–Crippen MR) is 122 cm³/mol. The number of aryl methyl sites for hydroxylation is 3. The molecule has 0 radical (unpaired) electrons. The summed E-state index contributed by atoms with van der Waals surface area (Å²) in [5.41, 5.74) is 4.58. The lowest BCUT2D eigenvalue weighted by Gasteiger charge is -2.34. The molecule has 0 saturated carbocycles. The Balaban J connectivity index is 1.64. The molecule has 0 bridgehead atoms. The van der Waals surface area contributed by atoms with Crippen LogP contribution in [-0.2, 0) is 11.2 Å². The molecule has 158 valence electrons. The minimum atomic E-state index is 0.0970. The van der Waals surface area contributed by atoms with Gasteiger partial charge >= 0.3 is 0 Å². The Morgan fingerprint density at radius 2 is 1.90 bits per heavy atom. The van der Waals surface area contributed by atoms with E-state index < -0.39 is 0 Å². The number of nitrogens with zero attached hydrogens (tertiary/aromatic N) is 3. The molecule has 2 heterocycles. The molecule has 1 aliphatic heterocycles. The van der Waals surface area contributed by atoms with Crippen molar-refractivity contribution >= 4 is 17.2 Å². The maximum atomic E-state index is 12.8. The number of nitrogens with one attached hydrogen (secondary N) is 1. The number of hydrogen-bond acceptors (Lipinski definition) is 5. The molecule has 29 heavy (non-hydrogen) atoms. The number of likely N-dealkylation sites (N-methyl/N-ethyl adjacent to an activating group) is 1. The Morgan fingerprint density at radius 1 is 1.17 bits per heavy atom. The lowest BCUT2D eigenvalue weighted by molar-refractivity contribution is -0.121. The molecule has 1 N–H and O–H groups in total. The monoisotopic (exact) mass is 414 g/mol. The largest absolute Gasteiger partial charge is 0.352 e. The summed E-state index contributed by atoms with van der Waals surface area (Å²) in [6.45, 7) is 13.7. The zero-order valence-corrected chi connectivity index (χ0v) is 19.2. The maximum Gasteiger partial charge on any atom is 0.225 e. The quantitative estimate of drug-likeness (QED) is 0.754. The van der Waals surface area contributed by atoms with Gasteiger partial charge in [-0.3, -0.25) is 9.69 Å². The molecular formula is C23H34N4OS. The number of hydrogen-bond donors (Lipinski definition) is 1. The van der Waals surface area contributed by atoms with Crippen molar-refractivity contribution in [3.05, 3.63) is 39.2 Å². The molecule has 0 unspecified atom stereocenters. The minimum absolute atomic E-state index is 0.0970. The van der Waals surface area contributed by atoms with Gasteiger partial charge in [0.05, 0.1) is 17.1 Å². The third-order valence-corrected chi connectivity index (χ3v) is 6.81. The number of rotatable bonds is 7. The Morgan fingerprint density at radius 3 is 2.55 bits per heavy atom. The van der Waals surface area contributed by atoms with E-state index in [1.54, 1.807) is 11.3 Å². The summed E-state index contributed by atoms with van der Waals surface area (Å²) in [5.74, 6) is 0.0970. The molecule has 2 aromatic rings. The van der Waals surface area contributed by atoms with Crippen LogP contribution in [0.1, 0.15) is 34.4 Å². The van der Waals surface area contributed by atoms with E-state index in [1.807, 2.05) is 6.92 Å². The van der Waals surface area contributed by atoms with Gasteiger partial charge < -0.3 is 10.2 Å². The van der Waals surface area contributed by atoms with Crippen LogP contribution in [0.4, 0.5) is 0 Å². The van der Waals surface area contributed by atoms with Crippen molar-refractivity contribution in [1.29, 1.82) is 0 Å². The van der Waals surface area contributed by atoms with Gasteiger partial charge in [-0.15, -0.1) is 11.3 Å². The zero-order chi connectivity index (χ0) is 21.0. The fourth-order valence-corrected chi connectivity index (χ4v) is 4.70. The Hall–Kier alpha value is -1.76. The van der Waals surface area contributed by atoms with E-state index in [0.29, 0.717) is 6.42 Å². The van der Waals surface area contributed by atoms with Crippen LogP contribution >= 0.6 is 11.3 Å². The van der Waals surface area contributed by atoms with E-state index in [-0.39, 0.29) is 11.9 Å². The molecule has 1 aromatic heterocycles. The number of piperazine rings is 1. The van der Waals surface area contributed by atoms with Gasteiger partial charge in [-0.2, -0.15) is 0 Å². The highest BCUT2D eigenvalue weighted by atomic mass is 32.1. The molecule has 1 amide bonds. The maximum absolute atomic E-state index is 12.8. The molecule has 1 saturated heterocycles. The molecule has 1 aliphatic rings. The van der Waals surface area contributed by atoms with Crippen LogP contribution in [0.2, 0.25) is 0 Å². The van der Waals surface area contributed by atoms with Crippen LogP contribution < -0.4 is 5.32 Å². The summed E-state index contributed by atoms with van der Waals surface area (Å²) in [6, 6.07) is 6.62. The number of benzene rings is 1. The average molecular weight is 415 g/mol. The second-order valence-electron chi connectivity index (χ2n) is 8.26. The molecule has 5 nitrogen and oxygen atoms in total. The van der Waals surface area contributed by atoms with Gasteiger partial charge in [0.25, 0.3) is 0 Å². The number of aromatic nitrogens is 1. The Bertz CT molecular complexity index is 839. The summed E-state index contributed by atoms with van der Waals surface area (Å²) >= 11 is 1.63. The van der Waals surface area contributed by atoms with E-state index in [2.05, 4.69) is 61.1 Å². The van der Waals surface area contributed by atoms with Gasteiger partial charge in [-0.1, -0.05) is 19.1 Å². The van der Waals surface area contributed by atoms with Crippen LogP contribution in [0.3, 0.4) is 0 Å². The second-order valence-corrected chi connectivity index (χ2v) is 9.54. The fraction of sp³-hybridized carbons (Fsp3) is 0.565. The highest BCUT2D eigenvalue weighted by Crippen LogP contribution is 2.29. The first-order valence-corrected chi connectivity index (χ1v) is 11.4. The molecule has 0 aliphatic carbocycles. The summed E-state index contributed by atoms with van der Waals surface area (Å²) in [4.78, 5) is 23.4. The Labute approximate surface area is 179 Å². The highest BCUT2D eigenvalue weighted by Gasteiger charge is 2.20. The lowest BCUT2D eigenvalue weighted by Crippen LogP contribution is -2.50. The van der Waals surface area contributed by atoms with Crippen LogP contribution in [0.15, 0.2) is 18.2 Å². The summed E-state index contributed by atoms with van der Waals surface area (Å²) in [6.07, 6.45) is 1.34. The predicted octanol–water partition coefficient (Wildman–Crippen LogP) is 3.42. The van der Waals surface area contributed by atoms with Crippen LogP contribution in [0.5, 0.6) is 0 Å². The second kappa shape index (κ2) is 9.83. The fourth-order valence-electron chi connectivity index (χ4n) is 3.75. The molecule has 6 heteroatoms. The van der Waals surface area contributed by atoms with E-state index in [9.17, 15) is 4.79 Å². The van der Waals surface area contributed by atoms with E-state index in [1.165, 1.54) is 11.1 Å². The van der Waals surface area contributed by atoms with Crippen molar-refractivity contribution in [2.24, 2.45) is 0 Å². The van der Waals surface area contributed by atoms with Crippen molar-refractivity contribution < 1.29 is 4.79 Å². The van der Waals surface area contributed by atoms with E-state index >= 15 is 0 Å². The van der Waals surface area contributed by atoms with Gasteiger partial charge in [0.15, 0.2) is 0 Å². The van der Waals surface area contributed by atoms with Gasteiger partial charge in [0, 0.05) is 49.2 Å². The van der Waals surface area contributed by atoms with Crippen LogP contribution in [0.25, 0.3) is 11.3 Å². The van der Waals surface area contributed by atoms with Crippen molar-refractivity contribution in [2.45, 2.75) is 46.6 Å². The Kier molecular flexibility index (Phi) is 7.44. The van der Waals surface area contributed by atoms with E-state index in [4.69, 9.17) is 4.98 Å². The summed E-state index contributed by atoms with van der Waals surface area (Å²) in [5, 5.41) is 4.27. The van der Waals surface area contributed by atoms with Gasteiger partial charge in [0.1, 0.15) is 0 Å². The number of thiazole rings is 1. The molecule has 0 spiro atoms. The van der Waals surface area contributed by atoms with Crippen molar-refractivity contribution in [2.75, 3.05) is 39.8 Å². The minimum Gasteiger partial charge on any atom is -0.352 e. The average Bonchev–Trinajstić information content (AvgIpc) is 3.05. The summed E-state index contributed by atoms with van der Waals surface area (Å²) < 4.78 is 0. The molecule has 3 rings (SSSR count). The van der Waals surface area contributed by atoms with Crippen molar-refractivity contribution in [3.8, 4) is 11.3 Å². The van der Waals surface area contributed by atoms with Crippen molar-refractivity contribution in [3.63, 3.8) is 0 Å². The first-order valence-electron chi connectivity index (χ1n) is 10.6. The first kappa shape index (κ1) is 21.9. The molecule has 1 aromatic carbocycles. The van der Waals surface area contributed by atoms with Gasteiger partial charge in [-0.25, -0.2) is 4.98 Å².